The summed E-state index contributed by atoms with van der Waals surface area (Å²) in [6.07, 6.45) is -1.62. The fourth-order valence-corrected chi connectivity index (χ4v) is 3.92. The Bertz CT molecular complexity index is 763. The van der Waals surface area contributed by atoms with Gasteiger partial charge in [-0.15, -0.1) is 0 Å². The molecule has 138 valence electrons. The Morgan fingerprint density at radius 2 is 1.69 bits per heavy atom. The van der Waals surface area contributed by atoms with Crippen LogP contribution in [0.15, 0.2) is 42.6 Å². The summed E-state index contributed by atoms with van der Waals surface area (Å²) in [5.74, 6) is -0.284. The number of nitrogens with zero attached hydrogens (tertiary/aromatic N) is 3. The number of aromatic nitrogens is 1. The molecular weight excluding hydrogens is 346 g/mol. The fraction of sp³-hybridized carbons (Fsp3) is 0.421. The molecule has 1 aromatic heterocycles. The van der Waals surface area contributed by atoms with Crippen molar-refractivity contribution in [2.45, 2.75) is 37.8 Å². The van der Waals surface area contributed by atoms with Gasteiger partial charge in [-0.1, -0.05) is 12.1 Å². The fourth-order valence-electron chi connectivity index (χ4n) is 3.92. The first-order valence-electron chi connectivity index (χ1n) is 8.64. The number of benzene rings is 1. The molecule has 3 nitrogen and oxygen atoms in total. The maximum atomic E-state index is 13.8. The van der Waals surface area contributed by atoms with Crippen LogP contribution in [0.4, 0.5) is 17.6 Å². The molecule has 3 saturated heterocycles. The van der Waals surface area contributed by atoms with Crippen molar-refractivity contribution in [2.24, 2.45) is 0 Å². The van der Waals surface area contributed by atoms with Gasteiger partial charge in [-0.05, 0) is 36.2 Å². The molecule has 2 atom stereocenters. The number of alkyl halides is 3. The Morgan fingerprint density at radius 1 is 1.00 bits per heavy atom. The lowest BCUT2D eigenvalue weighted by Gasteiger charge is -2.56. The molecule has 0 radical (unpaired) electrons. The van der Waals surface area contributed by atoms with Gasteiger partial charge >= 0.3 is 6.18 Å². The van der Waals surface area contributed by atoms with Crippen molar-refractivity contribution >= 4 is 0 Å². The minimum absolute atomic E-state index is 0.284. The van der Waals surface area contributed by atoms with E-state index >= 15 is 0 Å². The largest absolute Gasteiger partial charge is 0.416 e. The van der Waals surface area contributed by atoms with Gasteiger partial charge in [0.15, 0.2) is 0 Å². The van der Waals surface area contributed by atoms with Crippen LogP contribution in [0, 0.1) is 5.82 Å². The molecule has 0 N–H and O–H groups in total. The molecular formula is C19H19F4N3. The van der Waals surface area contributed by atoms with Gasteiger partial charge in [-0.3, -0.25) is 14.8 Å². The molecule has 3 aliphatic heterocycles. The van der Waals surface area contributed by atoms with E-state index in [1.165, 1.54) is 6.07 Å². The summed E-state index contributed by atoms with van der Waals surface area (Å²) >= 11 is 0. The zero-order chi connectivity index (χ0) is 18.3. The summed E-state index contributed by atoms with van der Waals surface area (Å²) in [7, 11) is 0. The predicted molar refractivity (Wildman–Crippen MR) is 88.7 cm³/mol. The van der Waals surface area contributed by atoms with E-state index in [1.54, 1.807) is 24.4 Å². The number of rotatable bonds is 4. The van der Waals surface area contributed by atoms with Crippen LogP contribution in [0.5, 0.6) is 0 Å². The average Bonchev–Trinajstić information content (AvgIpc) is 2.61. The Morgan fingerprint density at radius 3 is 2.31 bits per heavy atom. The minimum atomic E-state index is -4.30. The van der Waals surface area contributed by atoms with Gasteiger partial charge in [0, 0.05) is 44.5 Å². The maximum Gasteiger partial charge on any atom is 0.416 e. The highest BCUT2D eigenvalue weighted by atomic mass is 19.4. The summed E-state index contributed by atoms with van der Waals surface area (Å²) in [6, 6.07) is 9.12. The molecule has 2 aromatic rings. The third-order valence-electron chi connectivity index (χ3n) is 5.27. The first kappa shape index (κ1) is 17.4. The van der Waals surface area contributed by atoms with Gasteiger partial charge in [0.2, 0.25) is 0 Å². The quantitative estimate of drug-likeness (QED) is 0.771. The van der Waals surface area contributed by atoms with Crippen molar-refractivity contribution in [2.75, 3.05) is 13.1 Å². The van der Waals surface area contributed by atoms with Gasteiger partial charge in [0.25, 0.3) is 0 Å². The molecule has 2 bridgehead atoms. The lowest BCUT2D eigenvalue weighted by Crippen LogP contribution is -2.67. The third kappa shape index (κ3) is 3.46. The lowest BCUT2D eigenvalue weighted by molar-refractivity contribution is -0.137. The first-order chi connectivity index (χ1) is 12.4. The Balaban J connectivity index is 1.35. The average molecular weight is 365 g/mol. The van der Waals surface area contributed by atoms with Crippen LogP contribution < -0.4 is 0 Å². The smallest absolute Gasteiger partial charge is 0.294 e. The van der Waals surface area contributed by atoms with Crippen LogP contribution in [0.1, 0.15) is 23.2 Å². The third-order valence-corrected chi connectivity index (χ3v) is 5.27. The SMILES string of the molecule is Fc1cccnc1CN1CC2CC(C1)N2Cc1ccc(C(F)(F)F)cc1. The molecule has 0 spiro atoms. The van der Waals surface area contributed by atoms with Crippen LogP contribution in [-0.2, 0) is 19.3 Å². The molecule has 7 heteroatoms. The van der Waals surface area contributed by atoms with E-state index in [4.69, 9.17) is 0 Å². The number of pyridine rings is 1. The molecule has 0 amide bonds. The number of piperazine rings is 1. The second-order valence-electron chi connectivity index (χ2n) is 7.04. The highest BCUT2D eigenvalue weighted by Crippen LogP contribution is 2.35. The van der Waals surface area contributed by atoms with E-state index in [9.17, 15) is 17.6 Å². The zero-order valence-electron chi connectivity index (χ0n) is 14.1. The van der Waals surface area contributed by atoms with Crippen molar-refractivity contribution in [1.82, 2.24) is 14.8 Å². The molecule has 1 aromatic carbocycles. The van der Waals surface area contributed by atoms with Crippen molar-refractivity contribution in [3.63, 3.8) is 0 Å². The van der Waals surface area contributed by atoms with Crippen LogP contribution in [0.2, 0.25) is 0 Å². The van der Waals surface area contributed by atoms with Crippen LogP contribution >= 0.6 is 0 Å². The van der Waals surface area contributed by atoms with E-state index in [0.717, 1.165) is 37.2 Å². The number of fused-ring (bicyclic) bond motifs is 2. The van der Waals surface area contributed by atoms with E-state index < -0.39 is 11.7 Å². The highest BCUT2D eigenvalue weighted by Gasteiger charge is 2.44. The number of hydrogen-bond acceptors (Lipinski definition) is 3. The normalized spacial score (nSPS) is 23.7. The molecule has 0 saturated carbocycles. The van der Waals surface area contributed by atoms with Crippen molar-refractivity contribution in [3.8, 4) is 0 Å². The van der Waals surface area contributed by atoms with Gasteiger partial charge in [0.05, 0.1) is 11.3 Å². The molecule has 26 heavy (non-hydrogen) atoms. The summed E-state index contributed by atoms with van der Waals surface area (Å²) in [5.41, 5.74) is 0.730. The van der Waals surface area contributed by atoms with Gasteiger partial charge in [-0.2, -0.15) is 13.2 Å². The second-order valence-corrected chi connectivity index (χ2v) is 7.04. The van der Waals surface area contributed by atoms with Crippen LogP contribution in [0.3, 0.4) is 0 Å². The highest BCUT2D eigenvalue weighted by molar-refractivity contribution is 5.25. The molecule has 3 aliphatic rings. The van der Waals surface area contributed by atoms with Crippen molar-refractivity contribution < 1.29 is 17.6 Å². The standard InChI is InChI=1S/C19H19F4N3/c20-17-2-1-7-24-18(17)12-25-10-15-8-16(11-25)26(15)9-13-3-5-14(6-4-13)19(21,22)23/h1-7,15-16H,8-12H2. The monoisotopic (exact) mass is 365 g/mol. The summed E-state index contributed by atoms with van der Waals surface area (Å²) in [4.78, 5) is 8.63. The molecule has 5 rings (SSSR count). The van der Waals surface area contributed by atoms with Crippen molar-refractivity contribution in [3.05, 3.63) is 65.2 Å². The molecule has 3 fully saturated rings. The summed E-state index contributed by atoms with van der Waals surface area (Å²) in [5, 5.41) is 0. The van der Waals surface area contributed by atoms with E-state index in [1.807, 2.05) is 0 Å². The predicted octanol–water partition coefficient (Wildman–Crippen LogP) is 3.70. The topological polar surface area (TPSA) is 19.4 Å². The second kappa shape index (κ2) is 6.63. The minimum Gasteiger partial charge on any atom is -0.294 e. The zero-order valence-corrected chi connectivity index (χ0v) is 14.1. The van der Waals surface area contributed by atoms with E-state index in [-0.39, 0.29) is 5.82 Å². The van der Waals surface area contributed by atoms with Gasteiger partial charge < -0.3 is 0 Å². The van der Waals surface area contributed by atoms with Gasteiger partial charge in [0.1, 0.15) is 5.82 Å². The van der Waals surface area contributed by atoms with E-state index in [2.05, 4.69) is 14.8 Å². The number of halogens is 4. The van der Waals surface area contributed by atoms with Gasteiger partial charge in [-0.25, -0.2) is 4.39 Å². The van der Waals surface area contributed by atoms with Crippen LogP contribution in [0.25, 0.3) is 0 Å². The summed E-state index contributed by atoms with van der Waals surface area (Å²) in [6.45, 7) is 2.80. The Hall–Kier alpha value is -1.99. The molecule has 4 heterocycles. The lowest BCUT2D eigenvalue weighted by atomic mass is 9.86. The Kier molecular flexibility index (Phi) is 4.44. The maximum absolute atomic E-state index is 13.8. The summed E-state index contributed by atoms with van der Waals surface area (Å²) < 4.78 is 51.7. The van der Waals surface area contributed by atoms with Crippen molar-refractivity contribution in [1.29, 1.82) is 0 Å². The van der Waals surface area contributed by atoms with Crippen LogP contribution in [-0.4, -0.2) is 40.0 Å². The van der Waals surface area contributed by atoms with E-state index in [0.29, 0.717) is 30.9 Å². The molecule has 2 unspecified atom stereocenters. The number of hydrogen-bond donors (Lipinski definition) is 0. The molecule has 0 aliphatic carbocycles. The number of piperidine rings is 1. The Labute approximate surface area is 149 Å². The first-order valence-corrected chi connectivity index (χ1v) is 8.64.